The number of nitrogens with zero attached hydrogens (tertiary/aromatic N) is 2. The Morgan fingerprint density at radius 1 is 1.27 bits per heavy atom. The van der Waals surface area contributed by atoms with Crippen molar-refractivity contribution in [3.63, 3.8) is 0 Å². The first-order chi connectivity index (χ1) is 12.4. The zero-order chi connectivity index (χ0) is 19.1. The molecule has 26 heavy (non-hydrogen) atoms. The van der Waals surface area contributed by atoms with Crippen LogP contribution in [0, 0.1) is 18.3 Å². The van der Waals surface area contributed by atoms with Gasteiger partial charge in [0.05, 0.1) is 12.5 Å². The van der Waals surface area contributed by atoms with Gasteiger partial charge in [-0.25, -0.2) is 9.59 Å². The summed E-state index contributed by atoms with van der Waals surface area (Å²) in [6.45, 7) is 1.25. The Morgan fingerprint density at radius 2 is 2.04 bits per heavy atom. The average molecular weight is 358 g/mol. The number of ether oxygens (including phenoxy) is 2. The number of aryl methyl sites for hydroxylation is 1. The Bertz CT molecular complexity index is 912. The van der Waals surface area contributed by atoms with Gasteiger partial charge in [0, 0.05) is 31.1 Å². The van der Waals surface area contributed by atoms with Gasteiger partial charge >= 0.3 is 11.6 Å². The molecule has 1 heterocycles. The molecule has 0 atom stereocenters. The predicted molar refractivity (Wildman–Crippen MR) is 91.5 cm³/mol. The molecule has 0 saturated heterocycles. The van der Waals surface area contributed by atoms with Gasteiger partial charge in [0.1, 0.15) is 11.3 Å². The van der Waals surface area contributed by atoms with Crippen molar-refractivity contribution < 1.29 is 23.5 Å². The molecule has 0 N–H and O–H groups in total. The van der Waals surface area contributed by atoms with Crippen molar-refractivity contribution in [2.24, 2.45) is 0 Å². The minimum atomic E-state index is -0.710. The van der Waals surface area contributed by atoms with Crippen LogP contribution in [0.25, 0.3) is 11.0 Å². The molecule has 0 saturated carbocycles. The van der Waals surface area contributed by atoms with E-state index in [0.717, 1.165) is 10.9 Å². The highest BCUT2D eigenvalue weighted by Gasteiger charge is 2.12. The molecular weight excluding hydrogens is 340 g/mol. The molecule has 0 spiro atoms. The van der Waals surface area contributed by atoms with Gasteiger partial charge in [-0.2, -0.15) is 5.26 Å². The lowest BCUT2D eigenvalue weighted by Crippen LogP contribution is -2.32. The molecule has 8 nitrogen and oxygen atoms in total. The Kier molecular flexibility index (Phi) is 6.33. The van der Waals surface area contributed by atoms with E-state index in [1.54, 1.807) is 19.1 Å². The standard InChI is InChI=1S/C18H18N2O6/c1-12-8-17(22)26-15-9-13(4-5-14(12)15)24-11-18(23)25-10-16(21)20(2)7-3-6-19/h4-5,8-9H,3,7,10-11H2,1-2H3. The van der Waals surface area contributed by atoms with Crippen molar-refractivity contribution in [2.75, 3.05) is 26.8 Å². The molecule has 0 radical (unpaired) electrons. The van der Waals surface area contributed by atoms with Crippen LogP contribution < -0.4 is 10.4 Å². The van der Waals surface area contributed by atoms with Crippen LogP contribution in [0.4, 0.5) is 0 Å². The molecule has 0 aliphatic rings. The van der Waals surface area contributed by atoms with Crippen LogP contribution in [0.1, 0.15) is 12.0 Å². The van der Waals surface area contributed by atoms with Gasteiger partial charge in [-0.05, 0) is 24.6 Å². The van der Waals surface area contributed by atoms with Crippen molar-refractivity contribution >= 4 is 22.8 Å². The SMILES string of the molecule is Cc1cc(=O)oc2cc(OCC(=O)OCC(=O)N(C)CCC#N)ccc12. The summed E-state index contributed by atoms with van der Waals surface area (Å²) < 4.78 is 15.3. The number of nitriles is 1. The minimum absolute atomic E-state index is 0.205. The van der Waals surface area contributed by atoms with Gasteiger partial charge in [-0.3, -0.25) is 4.79 Å². The van der Waals surface area contributed by atoms with E-state index in [9.17, 15) is 14.4 Å². The monoisotopic (exact) mass is 358 g/mol. The lowest BCUT2D eigenvalue weighted by Gasteiger charge is -2.15. The molecule has 1 aromatic carbocycles. The third-order valence-corrected chi connectivity index (χ3v) is 3.62. The van der Waals surface area contributed by atoms with Gasteiger partial charge in [0.2, 0.25) is 0 Å². The summed E-state index contributed by atoms with van der Waals surface area (Å²) in [5.74, 6) is -0.782. The van der Waals surface area contributed by atoms with Crippen LogP contribution in [0.3, 0.4) is 0 Å². The lowest BCUT2D eigenvalue weighted by atomic mass is 10.1. The number of amides is 1. The van der Waals surface area contributed by atoms with E-state index in [1.807, 2.05) is 6.07 Å². The summed E-state index contributed by atoms with van der Waals surface area (Å²) >= 11 is 0. The molecule has 136 valence electrons. The van der Waals surface area contributed by atoms with Gasteiger partial charge in [-0.1, -0.05) is 0 Å². The van der Waals surface area contributed by atoms with E-state index in [-0.39, 0.29) is 13.0 Å². The summed E-state index contributed by atoms with van der Waals surface area (Å²) in [6, 6.07) is 8.20. The molecular formula is C18H18N2O6. The molecule has 1 aromatic heterocycles. The fourth-order valence-corrected chi connectivity index (χ4v) is 2.17. The molecule has 0 fully saturated rings. The normalized spacial score (nSPS) is 10.2. The average Bonchev–Trinajstić information content (AvgIpc) is 2.61. The zero-order valence-electron chi connectivity index (χ0n) is 14.5. The van der Waals surface area contributed by atoms with Crippen molar-refractivity contribution in [2.45, 2.75) is 13.3 Å². The van der Waals surface area contributed by atoms with Crippen molar-refractivity contribution in [3.05, 3.63) is 40.2 Å². The summed E-state index contributed by atoms with van der Waals surface area (Å²) in [7, 11) is 1.52. The summed E-state index contributed by atoms with van der Waals surface area (Å²) in [6.07, 6.45) is 0.205. The molecule has 8 heteroatoms. The smallest absolute Gasteiger partial charge is 0.344 e. The van der Waals surface area contributed by atoms with Gasteiger partial charge in [0.25, 0.3) is 5.91 Å². The Hall–Kier alpha value is -3.34. The molecule has 0 aliphatic heterocycles. The largest absolute Gasteiger partial charge is 0.482 e. The molecule has 2 rings (SSSR count). The molecule has 0 bridgehead atoms. The summed E-state index contributed by atoms with van der Waals surface area (Å²) in [5.41, 5.74) is 0.669. The first-order valence-corrected chi connectivity index (χ1v) is 7.84. The van der Waals surface area contributed by atoms with Crippen LogP contribution in [0.15, 0.2) is 33.5 Å². The quantitative estimate of drug-likeness (QED) is 0.543. The van der Waals surface area contributed by atoms with Crippen molar-refractivity contribution in [1.29, 1.82) is 5.26 Å². The van der Waals surface area contributed by atoms with E-state index in [0.29, 0.717) is 11.3 Å². The third-order valence-electron chi connectivity index (χ3n) is 3.62. The maximum absolute atomic E-state index is 11.7. The number of esters is 1. The Labute approximate surface area is 149 Å². The second-order valence-electron chi connectivity index (χ2n) is 5.58. The van der Waals surface area contributed by atoms with Crippen LogP contribution in [0.5, 0.6) is 5.75 Å². The van der Waals surface area contributed by atoms with E-state index >= 15 is 0 Å². The Balaban J connectivity index is 1.87. The molecule has 2 aromatic rings. The maximum atomic E-state index is 11.7. The number of likely N-dealkylation sites (N-methyl/N-ethyl adjacent to an activating group) is 1. The first kappa shape index (κ1) is 19.0. The third kappa shape index (κ3) is 5.08. The van der Waals surface area contributed by atoms with Gasteiger partial charge < -0.3 is 18.8 Å². The number of hydrogen-bond acceptors (Lipinski definition) is 7. The predicted octanol–water partition coefficient (Wildman–Crippen LogP) is 1.40. The number of benzene rings is 1. The molecule has 0 unspecified atom stereocenters. The van der Waals surface area contributed by atoms with Crippen LogP contribution in [-0.4, -0.2) is 43.6 Å². The van der Waals surface area contributed by atoms with E-state index in [1.165, 1.54) is 24.1 Å². The van der Waals surface area contributed by atoms with E-state index in [2.05, 4.69) is 0 Å². The molecule has 0 aliphatic carbocycles. The summed E-state index contributed by atoms with van der Waals surface area (Å²) in [5, 5.41) is 9.24. The topological polar surface area (TPSA) is 110 Å². The Morgan fingerprint density at radius 3 is 2.77 bits per heavy atom. The highest BCUT2D eigenvalue weighted by Crippen LogP contribution is 2.22. The van der Waals surface area contributed by atoms with E-state index < -0.39 is 30.7 Å². The van der Waals surface area contributed by atoms with Gasteiger partial charge in [-0.15, -0.1) is 0 Å². The first-order valence-electron chi connectivity index (χ1n) is 7.84. The number of carbonyl (C=O) groups excluding carboxylic acids is 2. The number of fused-ring (bicyclic) bond motifs is 1. The number of hydrogen-bond donors (Lipinski definition) is 0. The fourth-order valence-electron chi connectivity index (χ4n) is 2.17. The van der Waals surface area contributed by atoms with Crippen LogP contribution in [-0.2, 0) is 14.3 Å². The lowest BCUT2D eigenvalue weighted by molar-refractivity contribution is -0.153. The van der Waals surface area contributed by atoms with Crippen molar-refractivity contribution in [1.82, 2.24) is 4.90 Å². The second kappa shape index (κ2) is 8.67. The zero-order valence-corrected chi connectivity index (χ0v) is 14.5. The minimum Gasteiger partial charge on any atom is -0.482 e. The number of rotatable bonds is 7. The highest BCUT2D eigenvalue weighted by atomic mass is 16.6. The van der Waals surface area contributed by atoms with E-state index in [4.69, 9.17) is 19.2 Å². The van der Waals surface area contributed by atoms with Crippen molar-refractivity contribution in [3.8, 4) is 11.8 Å². The molecule has 1 amide bonds. The van der Waals surface area contributed by atoms with Crippen LogP contribution >= 0.6 is 0 Å². The van der Waals surface area contributed by atoms with Crippen LogP contribution in [0.2, 0.25) is 0 Å². The fraction of sp³-hybridized carbons (Fsp3) is 0.333. The number of carbonyl (C=O) groups is 2. The maximum Gasteiger partial charge on any atom is 0.344 e. The summed E-state index contributed by atoms with van der Waals surface area (Å²) in [4.78, 5) is 36.1. The van der Waals surface area contributed by atoms with Gasteiger partial charge in [0.15, 0.2) is 13.2 Å². The second-order valence-corrected chi connectivity index (χ2v) is 5.58. The highest BCUT2D eigenvalue weighted by molar-refractivity contribution is 5.82.